The minimum atomic E-state index is -0.286. The summed E-state index contributed by atoms with van der Waals surface area (Å²) in [4.78, 5) is 27.4. The number of rotatable bonds is 2. The Morgan fingerprint density at radius 1 is 1.50 bits per heavy atom. The van der Waals surface area contributed by atoms with Gasteiger partial charge in [-0.2, -0.15) is 11.8 Å². The summed E-state index contributed by atoms with van der Waals surface area (Å²) in [5.74, 6) is 2.04. The van der Waals surface area contributed by atoms with E-state index in [-0.39, 0.29) is 18.1 Å². The molecule has 4 nitrogen and oxygen atoms in total. The molecule has 0 bridgehead atoms. The molecule has 0 radical (unpaired) electrons. The van der Waals surface area contributed by atoms with Gasteiger partial charge in [-0.05, 0) is 24.3 Å². The highest BCUT2D eigenvalue weighted by Crippen LogP contribution is 2.38. The largest absolute Gasteiger partial charge is 0.301 e. The maximum absolute atomic E-state index is 11.5. The molecule has 0 unspecified atom stereocenters. The molecule has 2 saturated heterocycles. The number of nitrogens with zero attached hydrogens (tertiary/aromatic N) is 1. The highest BCUT2D eigenvalue weighted by Gasteiger charge is 2.45. The molecule has 2 fully saturated rings. The molecule has 0 saturated carbocycles. The molecule has 2 aliphatic heterocycles. The monoisotopic (exact) mass is 215 g/mol. The number of hydroxylamine groups is 2. The number of thioether (sulfide) groups is 1. The summed E-state index contributed by atoms with van der Waals surface area (Å²) in [6.07, 6.45) is 2.98. The van der Waals surface area contributed by atoms with Gasteiger partial charge >= 0.3 is 0 Å². The second-order valence-corrected chi connectivity index (χ2v) is 4.91. The van der Waals surface area contributed by atoms with Gasteiger partial charge < -0.3 is 4.79 Å². The van der Waals surface area contributed by atoms with Crippen molar-refractivity contribution < 1.29 is 14.4 Å². The topological polar surface area (TPSA) is 46.6 Å². The summed E-state index contributed by atoms with van der Waals surface area (Å²) in [6, 6.07) is 0. The van der Waals surface area contributed by atoms with Crippen molar-refractivity contribution in [1.29, 1.82) is 0 Å². The highest BCUT2D eigenvalue weighted by molar-refractivity contribution is 7.99. The van der Waals surface area contributed by atoms with Crippen molar-refractivity contribution in [3.63, 3.8) is 0 Å². The molecule has 1 amide bonds. The molecule has 2 aliphatic rings. The van der Waals surface area contributed by atoms with E-state index in [0.717, 1.165) is 24.3 Å². The fourth-order valence-electron chi connectivity index (χ4n) is 1.90. The van der Waals surface area contributed by atoms with E-state index in [9.17, 15) is 9.59 Å². The normalized spacial score (nSPS) is 25.7. The maximum Gasteiger partial charge on any atom is 0.249 e. The Balaban J connectivity index is 2.02. The number of amides is 1. The SMILES string of the molecule is O=CCN1OC2(CCSCC2)CC1=O. The summed E-state index contributed by atoms with van der Waals surface area (Å²) >= 11 is 1.89. The van der Waals surface area contributed by atoms with Gasteiger partial charge in [-0.1, -0.05) is 0 Å². The first kappa shape index (κ1) is 9.98. The summed E-state index contributed by atoms with van der Waals surface area (Å²) < 4.78 is 0. The van der Waals surface area contributed by atoms with Crippen LogP contribution in [0.3, 0.4) is 0 Å². The molecular weight excluding hydrogens is 202 g/mol. The van der Waals surface area contributed by atoms with Gasteiger partial charge in [0.15, 0.2) is 0 Å². The van der Waals surface area contributed by atoms with Crippen molar-refractivity contribution in [3.8, 4) is 0 Å². The standard InChI is InChI=1S/C9H13NO3S/c11-4-3-10-8(12)7-9(13-10)1-5-14-6-2-9/h4H,1-3,5-7H2. The molecule has 14 heavy (non-hydrogen) atoms. The highest BCUT2D eigenvalue weighted by atomic mass is 32.2. The van der Waals surface area contributed by atoms with Crippen LogP contribution in [0.5, 0.6) is 0 Å². The fraction of sp³-hybridized carbons (Fsp3) is 0.778. The number of carbonyl (C=O) groups is 2. The summed E-state index contributed by atoms with van der Waals surface area (Å²) in [6.45, 7) is 0.0632. The van der Waals surface area contributed by atoms with E-state index >= 15 is 0 Å². The van der Waals surface area contributed by atoms with Crippen LogP contribution in [0.2, 0.25) is 0 Å². The minimum absolute atomic E-state index is 0.0519. The number of hydrogen-bond acceptors (Lipinski definition) is 4. The van der Waals surface area contributed by atoms with Crippen LogP contribution in [-0.2, 0) is 14.4 Å². The van der Waals surface area contributed by atoms with E-state index in [1.807, 2.05) is 11.8 Å². The molecule has 2 rings (SSSR count). The average Bonchev–Trinajstić information content (AvgIpc) is 2.45. The average molecular weight is 215 g/mol. The summed E-state index contributed by atoms with van der Waals surface area (Å²) in [5, 5.41) is 1.21. The smallest absolute Gasteiger partial charge is 0.249 e. The lowest BCUT2D eigenvalue weighted by Crippen LogP contribution is -2.35. The molecule has 0 aromatic rings. The number of aldehydes is 1. The van der Waals surface area contributed by atoms with Crippen LogP contribution in [0.25, 0.3) is 0 Å². The van der Waals surface area contributed by atoms with Crippen molar-refractivity contribution in [2.24, 2.45) is 0 Å². The number of hydrogen-bond donors (Lipinski definition) is 0. The molecule has 0 N–H and O–H groups in total. The Labute approximate surface area is 86.9 Å². The lowest BCUT2D eigenvalue weighted by atomic mass is 9.93. The maximum atomic E-state index is 11.5. The third-order valence-corrected chi connectivity index (χ3v) is 3.69. The zero-order valence-electron chi connectivity index (χ0n) is 7.90. The zero-order valence-corrected chi connectivity index (χ0v) is 8.72. The van der Waals surface area contributed by atoms with Crippen molar-refractivity contribution in [2.75, 3.05) is 18.1 Å². The van der Waals surface area contributed by atoms with Crippen molar-refractivity contribution in [2.45, 2.75) is 24.9 Å². The van der Waals surface area contributed by atoms with Gasteiger partial charge in [0.1, 0.15) is 18.4 Å². The van der Waals surface area contributed by atoms with Crippen molar-refractivity contribution in [3.05, 3.63) is 0 Å². The third-order valence-electron chi connectivity index (χ3n) is 2.70. The van der Waals surface area contributed by atoms with Gasteiger partial charge in [0, 0.05) is 0 Å². The second kappa shape index (κ2) is 3.90. The molecule has 0 atom stereocenters. The molecule has 78 valence electrons. The van der Waals surface area contributed by atoms with E-state index in [2.05, 4.69) is 0 Å². The molecule has 0 aromatic heterocycles. The van der Waals surface area contributed by atoms with Gasteiger partial charge in [-0.25, -0.2) is 5.06 Å². The lowest BCUT2D eigenvalue weighted by Gasteiger charge is -2.30. The Morgan fingerprint density at radius 3 is 2.86 bits per heavy atom. The first-order chi connectivity index (χ1) is 6.76. The van der Waals surface area contributed by atoms with Gasteiger partial charge in [-0.3, -0.25) is 9.63 Å². The van der Waals surface area contributed by atoms with Crippen LogP contribution in [0.15, 0.2) is 0 Å². The van der Waals surface area contributed by atoms with Crippen LogP contribution in [-0.4, -0.2) is 40.9 Å². The van der Waals surface area contributed by atoms with Gasteiger partial charge in [0.2, 0.25) is 5.91 Å². The Bertz CT molecular complexity index is 250. The quantitative estimate of drug-likeness (QED) is 0.633. The van der Waals surface area contributed by atoms with Crippen molar-refractivity contribution in [1.82, 2.24) is 5.06 Å². The molecule has 0 aromatic carbocycles. The van der Waals surface area contributed by atoms with Gasteiger partial charge in [0.25, 0.3) is 0 Å². The van der Waals surface area contributed by atoms with E-state index < -0.39 is 0 Å². The third kappa shape index (κ3) is 1.79. The number of carbonyl (C=O) groups excluding carboxylic acids is 2. The molecule has 0 aliphatic carbocycles. The lowest BCUT2D eigenvalue weighted by molar-refractivity contribution is -0.199. The summed E-state index contributed by atoms with van der Waals surface area (Å²) in [5.41, 5.74) is -0.286. The Kier molecular flexibility index (Phi) is 2.78. The van der Waals surface area contributed by atoms with Crippen LogP contribution >= 0.6 is 11.8 Å². The Hall–Kier alpha value is -0.550. The molecule has 1 spiro atoms. The zero-order chi connectivity index (χ0) is 10.0. The van der Waals surface area contributed by atoms with Crippen LogP contribution in [0.1, 0.15) is 19.3 Å². The van der Waals surface area contributed by atoms with E-state index in [0.29, 0.717) is 12.7 Å². The first-order valence-corrected chi connectivity index (χ1v) is 5.92. The predicted molar refractivity (Wildman–Crippen MR) is 52.8 cm³/mol. The Morgan fingerprint density at radius 2 is 2.21 bits per heavy atom. The van der Waals surface area contributed by atoms with E-state index in [1.165, 1.54) is 5.06 Å². The van der Waals surface area contributed by atoms with Crippen molar-refractivity contribution >= 4 is 24.0 Å². The van der Waals surface area contributed by atoms with E-state index in [4.69, 9.17) is 4.84 Å². The minimum Gasteiger partial charge on any atom is -0.301 e. The molecular formula is C9H13NO3S. The van der Waals surface area contributed by atoms with Gasteiger partial charge in [-0.15, -0.1) is 0 Å². The van der Waals surface area contributed by atoms with Gasteiger partial charge in [0.05, 0.1) is 6.42 Å². The van der Waals surface area contributed by atoms with E-state index in [1.54, 1.807) is 0 Å². The van der Waals surface area contributed by atoms with Crippen LogP contribution in [0, 0.1) is 0 Å². The molecule has 5 heteroatoms. The first-order valence-electron chi connectivity index (χ1n) is 4.77. The van der Waals surface area contributed by atoms with Crippen LogP contribution < -0.4 is 0 Å². The predicted octanol–water partition coefficient (Wildman–Crippen LogP) is 0.615. The molecule has 2 heterocycles. The fourth-order valence-corrected chi connectivity index (χ4v) is 3.14. The second-order valence-electron chi connectivity index (χ2n) is 3.68. The summed E-state index contributed by atoms with van der Waals surface area (Å²) in [7, 11) is 0. The van der Waals surface area contributed by atoms with Crippen LogP contribution in [0.4, 0.5) is 0 Å².